The maximum Gasteiger partial charge on any atom is 0.160 e. The molecule has 0 heterocycles. The molecule has 1 atom stereocenters. The molecule has 1 aromatic carbocycles. The quantitative estimate of drug-likeness (QED) is 0.840. The molecule has 0 aliphatic carbocycles. The lowest BCUT2D eigenvalue weighted by molar-refractivity contribution is -0.127. The fourth-order valence-electron chi connectivity index (χ4n) is 1.50. The average Bonchev–Trinajstić information content (AvgIpc) is 2.32. The first-order valence-corrected chi connectivity index (χ1v) is 6.41. The normalized spacial score (nSPS) is 12.9. The summed E-state index contributed by atoms with van der Waals surface area (Å²) >= 11 is 3.34. The number of benzene rings is 1. The fraction of sp³-hybridized carbons (Fsp3) is 0.429. The number of nitrogens with zero attached hydrogens (tertiary/aromatic N) is 1. The van der Waals surface area contributed by atoms with Crippen LogP contribution in [0, 0.1) is 16.7 Å². The van der Waals surface area contributed by atoms with Gasteiger partial charge in [0.15, 0.2) is 5.78 Å². The molecule has 0 bridgehead atoms. The van der Waals surface area contributed by atoms with Gasteiger partial charge in [-0.1, -0.05) is 48.8 Å². The van der Waals surface area contributed by atoms with Gasteiger partial charge >= 0.3 is 0 Å². The fourth-order valence-corrected chi connectivity index (χ4v) is 1.77. The number of carbonyl (C=O) groups excluding carboxylic acids is 1. The zero-order valence-corrected chi connectivity index (χ0v) is 11.9. The minimum atomic E-state index is -0.668. The van der Waals surface area contributed by atoms with Crippen LogP contribution in [-0.2, 0) is 4.79 Å². The van der Waals surface area contributed by atoms with Crippen LogP contribution < -0.4 is 0 Å². The van der Waals surface area contributed by atoms with Crippen molar-refractivity contribution in [3.8, 4) is 6.07 Å². The number of carbonyl (C=O) groups is 1. The molecule has 90 valence electrons. The molecule has 2 nitrogen and oxygen atoms in total. The summed E-state index contributed by atoms with van der Waals surface area (Å²) in [7, 11) is 0. The van der Waals surface area contributed by atoms with Crippen molar-refractivity contribution in [3.05, 3.63) is 34.3 Å². The molecule has 0 spiro atoms. The second-order valence-corrected chi connectivity index (χ2v) is 5.63. The first kappa shape index (κ1) is 13.9. The summed E-state index contributed by atoms with van der Waals surface area (Å²) in [4.78, 5) is 12.3. The van der Waals surface area contributed by atoms with Gasteiger partial charge in [0, 0.05) is 9.89 Å². The lowest BCUT2D eigenvalue weighted by Crippen LogP contribution is -2.28. The van der Waals surface area contributed by atoms with Gasteiger partial charge in [0.1, 0.15) is 5.92 Å². The van der Waals surface area contributed by atoms with Crippen molar-refractivity contribution in [1.82, 2.24) is 0 Å². The summed E-state index contributed by atoms with van der Waals surface area (Å²) in [5.41, 5.74) is 0.315. The molecule has 1 rings (SSSR count). The van der Waals surface area contributed by atoms with E-state index in [1.54, 1.807) is 0 Å². The topological polar surface area (TPSA) is 40.9 Å². The Kier molecular flexibility index (Phi) is 4.47. The summed E-state index contributed by atoms with van der Waals surface area (Å²) in [6.45, 7) is 5.74. The standard InChI is InChI=1S/C14H16BrNO/c1-4-14(2,3)13(17)12(9-16)10-5-7-11(15)8-6-10/h5-8,12H,4H2,1-3H3. The van der Waals surface area contributed by atoms with E-state index in [-0.39, 0.29) is 5.78 Å². The predicted octanol–water partition coefficient (Wildman–Crippen LogP) is 4.06. The van der Waals surface area contributed by atoms with Crippen LogP contribution in [0.5, 0.6) is 0 Å². The smallest absolute Gasteiger partial charge is 0.160 e. The van der Waals surface area contributed by atoms with Gasteiger partial charge in [0.05, 0.1) is 6.07 Å². The molecule has 1 unspecified atom stereocenters. The van der Waals surface area contributed by atoms with Gasteiger partial charge in [0.25, 0.3) is 0 Å². The minimum absolute atomic E-state index is 0.00942. The van der Waals surface area contributed by atoms with E-state index < -0.39 is 11.3 Å². The van der Waals surface area contributed by atoms with Gasteiger partial charge in [-0.25, -0.2) is 0 Å². The highest BCUT2D eigenvalue weighted by molar-refractivity contribution is 9.10. The average molecular weight is 294 g/mol. The third-order valence-electron chi connectivity index (χ3n) is 3.15. The number of Topliss-reactive ketones (excluding diaryl/α,β-unsaturated/α-hetero) is 1. The van der Waals surface area contributed by atoms with E-state index in [9.17, 15) is 10.1 Å². The Morgan fingerprint density at radius 1 is 1.41 bits per heavy atom. The molecular formula is C14H16BrNO. The molecule has 0 aliphatic rings. The van der Waals surface area contributed by atoms with Crippen LogP contribution >= 0.6 is 15.9 Å². The molecule has 0 N–H and O–H groups in total. The van der Waals surface area contributed by atoms with E-state index >= 15 is 0 Å². The number of rotatable bonds is 4. The van der Waals surface area contributed by atoms with Crippen molar-refractivity contribution in [2.75, 3.05) is 0 Å². The molecule has 0 aliphatic heterocycles. The second-order valence-electron chi connectivity index (χ2n) is 4.72. The molecule has 0 saturated carbocycles. The Balaban J connectivity index is 3.05. The maximum atomic E-state index is 12.3. The Morgan fingerprint density at radius 2 is 1.94 bits per heavy atom. The number of ketones is 1. The number of nitriles is 1. The second kappa shape index (κ2) is 5.46. The lowest BCUT2D eigenvalue weighted by Gasteiger charge is -2.23. The van der Waals surface area contributed by atoms with Crippen LogP contribution in [0.15, 0.2) is 28.7 Å². The summed E-state index contributed by atoms with van der Waals surface area (Å²) in [5, 5.41) is 9.20. The van der Waals surface area contributed by atoms with Crippen LogP contribution in [0.2, 0.25) is 0 Å². The zero-order chi connectivity index (χ0) is 13.1. The van der Waals surface area contributed by atoms with Crippen molar-refractivity contribution in [2.45, 2.75) is 33.1 Å². The van der Waals surface area contributed by atoms with Crippen molar-refractivity contribution < 1.29 is 4.79 Å². The molecule has 1 aromatic rings. The minimum Gasteiger partial charge on any atom is -0.297 e. The van der Waals surface area contributed by atoms with Crippen LogP contribution in [0.3, 0.4) is 0 Å². The van der Waals surface area contributed by atoms with Crippen LogP contribution in [0.1, 0.15) is 38.7 Å². The van der Waals surface area contributed by atoms with Crippen LogP contribution in [-0.4, -0.2) is 5.78 Å². The predicted molar refractivity (Wildman–Crippen MR) is 71.6 cm³/mol. The van der Waals surface area contributed by atoms with Gasteiger partial charge < -0.3 is 0 Å². The lowest BCUT2D eigenvalue weighted by atomic mass is 9.77. The molecule has 0 amide bonds. The largest absolute Gasteiger partial charge is 0.297 e. The highest BCUT2D eigenvalue weighted by atomic mass is 79.9. The van der Waals surface area contributed by atoms with Gasteiger partial charge in [-0.2, -0.15) is 5.26 Å². The molecule has 0 saturated heterocycles. The van der Waals surface area contributed by atoms with E-state index in [1.807, 2.05) is 45.0 Å². The zero-order valence-electron chi connectivity index (χ0n) is 10.3. The van der Waals surface area contributed by atoms with E-state index in [0.29, 0.717) is 0 Å². The van der Waals surface area contributed by atoms with E-state index in [1.165, 1.54) is 0 Å². The summed E-state index contributed by atoms with van der Waals surface area (Å²) < 4.78 is 0.945. The van der Waals surface area contributed by atoms with Gasteiger partial charge in [0.2, 0.25) is 0 Å². The van der Waals surface area contributed by atoms with Crippen molar-refractivity contribution in [1.29, 1.82) is 5.26 Å². The monoisotopic (exact) mass is 293 g/mol. The Bertz CT molecular complexity index is 442. The van der Waals surface area contributed by atoms with Crippen LogP contribution in [0.4, 0.5) is 0 Å². The number of hydrogen-bond donors (Lipinski definition) is 0. The maximum absolute atomic E-state index is 12.3. The third kappa shape index (κ3) is 3.17. The number of hydrogen-bond acceptors (Lipinski definition) is 2. The van der Waals surface area contributed by atoms with Gasteiger partial charge in [-0.15, -0.1) is 0 Å². The molecule has 0 fully saturated rings. The van der Waals surface area contributed by atoms with E-state index in [2.05, 4.69) is 22.0 Å². The Labute approximate surface area is 111 Å². The molecule has 3 heteroatoms. The van der Waals surface area contributed by atoms with Gasteiger partial charge in [-0.3, -0.25) is 4.79 Å². The first-order chi connectivity index (χ1) is 7.92. The Hall–Kier alpha value is -1.14. The van der Waals surface area contributed by atoms with E-state index in [0.717, 1.165) is 16.5 Å². The Morgan fingerprint density at radius 3 is 2.35 bits per heavy atom. The van der Waals surface area contributed by atoms with Crippen molar-refractivity contribution in [2.24, 2.45) is 5.41 Å². The van der Waals surface area contributed by atoms with Crippen LogP contribution in [0.25, 0.3) is 0 Å². The first-order valence-electron chi connectivity index (χ1n) is 5.61. The molecular weight excluding hydrogens is 278 g/mol. The summed E-state index contributed by atoms with van der Waals surface area (Å²) in [6, 6.07) is 9.46. The highest BCUT2D eigenvalue weighted by Crippen LogP contribution is 2.30. The van der Waals surface area contributed by atoms with E-state index in [4.69, 9.17) is 0 Å². The molecule has 17 heavy (non-hydrogen) atoms. The number of halogens is 1. The SMILES string of the molecule is CCC(C)(C)C(=O)C(C#N)c1ccc(Br)cc1. The third-order valence-corrected chi connectivity index (χ3v) is 3.67. The van der Waals surface area contributed by atoms with Crippen molar-refractivity contribution >= 4 is 21.7 Å². The van der Waals surface area contributed by atoms with Crippen molar-refractivity contribution in [3.63, 3.8) is 0 Å². The molecule has 0 aromatic heterocycles. The summed E-state index contributed by atoms with van der Waals surface area (Å²) in [6.07, 6.45) is 0.737. The summed E-state index contributed by atoms with van der Waals surface area (Å²) in [5.74, 6) is -0.678. The highest BCUT2D eigenvalue weighted by Gasteiger charge is 2.33. The molecule has 0 radical (unpaired) electrons. The van der Waals surface area contributed by atoms with Gasteiger partial charge in [-0.05, 0) is 24.1 Å².